The van der Waals surface area contributed by atoms with Crippen molar-refractivity contribution in [1.82, 2.24) is 9.88 Å². The molecule has 94 valence electrons. The fourth-order valence-corrected chi connectivity index (χ4v) is 2.51. The van der Waals surface area contributed by atoms with Crippen molar-refractivity contribution in [2.45, 2.75) is 19.5 Å². The minimum atomic E-state index is 0.268. The van der Waals surface area contributed by atoms with E-state index in [4.69, 9.17) is 21.8 Å². The normalized spacial score (nSPS) is 15.6. The van der Waals surface area contributed by atoms with Gasteiger partial charge in [0.1, 0.15) is 5.76 Å². The molecule has 0 unspecified atom stereocenters. The van der Waals surface area contributed by atoms with Crippen LogP contribution < -0.4 is 5.73 Å². The molecule has 0 saturated carbocycles. The van der Waals surface area contributed by atoms with Crippen LogP contribution in [0.3, 0.4) is 0 Å². The van der Waals surface area contributed by atoms with Gasteiger partial charge in [-0.15, -0.1) is 0 Å². The molecule has 4 nitrogen and oxygen atoms in total. The molecule has 2 heterocycles. The van der Waals surface area contributed by atoms with Gasteiger partial charge in [-0.25, -0.2) is 0 Å². The number of nitrogen functional groups attached to an aromatic ring is 1. The molecular weight excluding hydrogens is 250 g/mol. The number of nitrogens with zero attached hydrogens (tertiary/aromatic N) is 2. The summed E-state index contributed by atoms with van der Waals surface area (Å²) in [5.74, 6) is 0.890. The molecule has 0 fully saturated rings. The molecule has 5 heteroatoms. The Kier molecular flexibility index (Phi) is 2.97. The summed E-state index contributed by atoms with van der Waals surface area (Å²) in [5, 5.41) is 0.772. The zero-order valence-electron chi connectivity index (χ0n) is 9.90. The number of fused-ring (bicyclic) bond motifs is 1. The first-order chi connectivity index (χ1) is 8.70. The van der Waals surface area contributed by atoms with Gasteiger partial charge in [-0.05, 0) is 17.7 Å². The lowest BCUT2D eigenvalue weighted by Gasteiger charge is -2.24. The molecule has 0 bridgehead atoms. The van der Waals surface area contributed by atoms with Crippen LogP contribution >= 0.6 is 11.6 Å². The number of hydrogen-bond acceptors (Lipinski definition) is 4. The van der Waals surface area contributed by atoms with Crippen molar-refractivity contribution in [2.75, 3.05) is 12.3 Å². The Morgan fingerprint density at radius 1 is 1.44 bits per heavy atom. The number of hydrogen-bond donors (Lipinski definition) is 1. The van der Waals surface area contributed by atoms with Gasteiger partial charge in [0, 0.05) is 24.5 Å². The van der Waals surface area contributed by atoms with Crippen molar-refractivity contribution in [2.24, 2.45) is 0 Å². The summed E-state index contributed by atoms with van der Waals surface area (Å²) in [6, 6.07) is 8.20. The van der Waals surface area contributed by atoms with Gasteiger partial charge in [0.2, 0.25) is 0 Å². The Morgan fingerprint density at radius 2 is 2.33 bits per heavy atom. The van der Waals surface area contributed by atoms with Crippen LogP contribution in [0.1, 0.15) is 17.0 Å². The van der Waals surface area contributed by atoms with Crippen LogP contribution in [-0.4, -0.2) is 16.4 Å². The van der Waals surface area contributed by atoms with Gasteiger partial charge >= 0.3 is 0 Å². The molecule has 0 aliphatic carbocycles. The predicted molar refractivity (Wildman–Crippen MR) is 70.2 cm³/mol. The Balaban J connectivity index is 1.73. The monoisotopic (exact) mass is 263 g/mol. The van der Waals surface area contributed by atoms with Crippen molar-refractivity contribution < 1.29 is 4.42 Å². The second kappa shape index (κ2) is 4.63. The van der Waals surface area contributed by atoms with Crippen LogP contribution in [0.5, 0.6) is 0 Å². The summed E-state index contributed by atoms with van der Waals surface area (Å²) in [5.41, 5.74) is 7.76. The van der Waals surface area contributed by atoms with E-state index in [2.05, 4.69) is 16.0 Å². The first kappa shape index (κ1) is 11.6. The molecular formula is C13H14ClN3O. The van der Waals surface area contributed by atoms with Crippen LogP contribution in [0.15, 0.2) is 28.7 Å². The fraction of sp³-hybridized carbons (Fsp3) is 0.308. The van der Waals surface area contributed by atoms with Crippen molar-refractivity contribution in [3.05, 3.63) is 46.3 Å². The number of halogens is 1. The summed E-state index contributed by atoms with van der Waals surface area (Å²) >= 11 is 5.98. The molecule has 0 spiro atoms. The van der Waals surface area contributed by atoms with Gasteiger partial charge in [-0.3, -0.25) is 4.90 Å². The molecule has 1 aromatic heterocycles. The molecule has 2 N–H and O–H groups in total. The van der Waals surface area contributed by atoms with Crippen LogP contribution in [0.25, 0.3) is 0 Å². The maximum absolute atomic E-state index is 5.98. The van der Waals surface area contributed by atoms with Gasteiger partial charge in [-0.1, -0.05) is 23.7 Å². The number of anilines is 1. The number of oxazole rings is 1. The highest BCUT2D eigenvalue weighted by Crippen LogP contribution is 2.22. The van der Waals surface area contributed by atoms with Crippen LogP contribution in [0, 0.1) is 0 Å². The van der Waals surface area contributed by atoms with E-state index in [9.17, 15) is 0 Å². The standard InChI is InChI=1S/C13H14ClN3O/c14-10-3-1-2-9(6-10)7-17-5-4-11-12(8-17)18-13(15)16-11/h1-3,6H,4-5,7-8H2,(H2,15,16). The van der Waals surface area contributed by atoms with Gasteiger partial charge in [0.15, 0.2) is 0 Å². The molecule has 0 radical (unpaired) electrons. The first-order valence-electron chi connectivity index (χ1n) is 5.91. The van der Waals surface area contributed by atoms with Crippen molar-refractivity contribution in [1.29, 1.82) is 0 Å². The molecule has 0 atom stereocenters. The van der Waals surface area contributed by atoms with Crippen molar-refractivity contribution in [3.63, 3.8) is 0 Å². The average Bonchev–Trinajstić information content (AvgIpc) is 2.68. The summed E-state index contributed by atoms with van der Waals surface area (Å²) in [4.78, 5) is 6.47. The third kappa shape index (κ3) is 2.35. The fourth-order valence-electron chi connectivity index (χ4n) is 2.30. The molecule has 1 aromatic carbocycles. The van der Waals surface area contributed by atoms with E-state index in [1.165, 1.54) is 5.56 Å². The third-order valence-electron chi connectivity index (χ3n) is 3.12. The van der Waals surface area contributed by atoms with Crippen molar-refractivity contribution in [3.8, 4) is 0 Å². The van der Waals surface area contributed by atoms with Gasteiger partial charge < -0.3 is 10.2 Å². The topological polar surface area (TPSA) is 55.3 Å². The van der Waals surface area contributed by atoms with E-state index in [0.29, 0.717) is 0 Å². The number of rotatable bonds is 2. The summed E-state index contributed by atoms with van der Waals surface area (Å²) in [6.07, 6.45) is 0.886. The molecule has 1 aliphatic heterocycles. The largest absolute Gasteiger partial charge is 0.427 e. The average molecular weight is 264 g/mol. The molecule has 0 amide bonds. The van der Waals surface area contributed by atoms with Gasteiger partial charge in [-0.2, -0.15) is 4.98 Å². The minimum Gasteiger partial charge on any atom is -0.427 e. The SMILES string of the molecule is Nc1nc2c(o1)CN(Cc1cccc(Cl)c1)CC2. The summed E-state index contributed by atoms with van der Waals surface area (Å²) in [6.45, 7) is 2.58. The second-order valence-electron chi connectivity index (χ2n) is 4.51. The molecule has 2 aromatic rings. The highest BCUT2D eigenvalue weighted by atomic mass is 35.5. The molecule has 3 rings (SSSR count). The van der Waals surface area contributed by atoms with E-state index in [1.54, 1.807) is 0 Å². The van der Waals surface area contributed by atoms with E-state index in [1.807, 2.05) is 18.2 Å². The second-order valence-corrected chi connectivity index (χ2v) is 4.95. The van der Waals surface area contributed by atoms with E-state index in [-0.39, 0.29) is 6.01 Å². The number of nitrogens with two attached hydrogens (primary N) is 1. The third-order valence-corrected chi connectivity index (χ3v) is 3.36. The zero-order chi connectivity index (χ0) is 12.5. The van der Waals surface area contributed by atoms with Crippen LogP contribution in [-0.2, 0) is 19.5 Å². The maximum atomic E-state index is 5.98. The van der Waals surface area contributed by atoms with Crippen molar-refractivity contribution >= 4 is 17.6 Å². The lowest BCUT2D eigenvalue weighted by Crippen LogP contribution is -2.29. The Morgan fingerprint density at radius 3 is 3.17 bits per heavy atom. The Labute approximate surface area is 110 Å². The molecule has 0 saturated heterocycles. The Hall–Kier alpha value is -1.52. The molecule has 18 heavy (non-hydrogen) atoms. The highest BCUT2D eigenvalue weighted by Gasteiger charge is 2.21. The lowest BCUT2D eigenvalue weighted by atomic mass is 10.1. The quantitative estimate of drug-likeness (QED) is 0.904. The van der Waals surface area contributed by atoms with E-state index < -0.39 is 0 Å². The molecule has 1 aliphatic rings. The lowest BCUT2D eigenvalue weighted by molar-refractivity contribution is 0.222. The minimum absolute atomic E-state index is 0.268. The summed E-state index contributed by atoms with van der Waals surface area (Å²) in [7, 11) is 0. The number of benzene rings is 1. The first-order valence-corrected chi connectivity index (χ1v) is 6.29. The van der Waals surface area contributed by atoms with Gasteiger partial charge in [0.25, 0.3) is 6.01 Å². The highest BCUT2D eigenvalue weighted by molar-refractivity contribution is 6.30. The van der Waals surface area contributed by atoms with Crippen LogP contribution in [0.2, 0.25) is 5.02 Å². The van der Waals surface area contributed by atoms with Gasteiger partial charge in [0.05, 0.1) is 12.2 Å². The van der Waals surface area contributed by atoms with Crippen LogP contribution in [0.4, 0.5) is 6.01 Å². The Bertz CT molecular complexity index is 567. The van der Waals surface area contributed by atoms with E-state index >= 15 is 0 Å². The maximum Gasteiger partial charge on any atom is 0.292 e. The smallest absolute Gasteiger partial charge is 0.292 e. The number of aromatic nitrogens is 1. The summed E-state index contributed by atoms with van der Waals surface area (Å²) < 4.78 is 5.40. The zero-order valence-corrected chi connectivity index (χ0v) is 10.7. The van der Waals surface area contributed by atoms with E-state index in [0.717, 1.165) is 42.5 Å². The predicted octanol–water partition coefficient (Wildman–Crippen LogP) is 2.47.